The van der Waals surface area contributed by atoms with Crippen molar-refractivity contribution in [3.8, 4) is 17.3 Å². The topological polar surface area (TPSA) is 106 Å². The smallest absolute Gasteiger partial charge is 0.236 e. The third-order valence-electron chi connectivity index (χ3n) is 5.68. The summed E-state index contributed by atoms with van der Waals surface area (Å²) >= 11 is 0. The first-order chi connectivity index (χ1) is 15.3. The number of H-pyrrole nitrogens is 1. The molecule has 0 unspecified atom stereocenters. The average Bonchev–Trinajstić information content (AvgIpc) is 3.21. The Morgan fingerprint density at radius 2 is 1.94 bits per heavy atom. The van der Waals surface area contributed by atoms with Crippen molar-refractivity contribution in [3.63, 3.8) is 0 Å². The first-order valence-electron chi connectivity index (χ1n) is 10.7. The van der Waals surface area contributed by atoms with Crippen LogP contribution in [0.1, 0.15) is 37.6 Å². The Morgan fingerprint density at radius 3 is 2.62 bits per heavy atom. The molecule has 8 heteroatoms. The number of nitriles is 1. The Hall–Kier alpha value is -3.73. The van der Waals surface area contributed by atoms with Gasteiger partial charge in [-0.1, -0.05) is 32.9 Å². The van der Waals surface area contributed by atoms with Crippen LogP contribution in [0.4, 0.5) is 5.69 Å². The van der Waals surface area contributed by atoms with Gasteiger partial charge in [0.05, 0.1) is 23.5 Å². The summed E-state index contributed by atoms with van der Waals surface area (Å²) in [6.45, 7) is 8.27. The van der Waals surface area contributed by atoms with Gasteiger partial charge < -0.3 is 14.8 Å². The molecular formula is C24H26N6O2. The number of carbonyl (C=O) groups excluding carboxylic acids is 2. The number of nitrogens with one attached hydrogen (secondary N) is 1. The number of hydrogen-bond donors (Lipinski definition) is 1. The number of ketones is 1. The zero-order chi connectivity index (χ0) is 22.9. The fraction of sp³-hybridized carbons (Fsp3) is 0.375. The molecule has 2 aromatic heterocycles. The second-order valence-corrected chi connectivity index (χ2v) is 8.99. The number of hydrogen-bond acceptors (Lipinski definition) is 6. The van der Waals surface area contributed by atoms with Gasteiger partial charge in [-0.25, -0.2) is 9.97 Å². The SMILES string of the molecule is CC(C)(C)C(=O)c1c[nH]c2ncc(-c3cccc(N4CCN(C(=O)CC#N)CC4)c3)nc12. The molecule has 1 saturated heterocycles. The molecule has 8 nitrogen and oxygen atoms in total. The summed E-state index contributed by atoms with van der Waals surface area (Å²) in [5.74, 6) is -0.0932. The van der Waals surface area contributed by atoms with Crippen LogP contribution in [-0.2, 0) is 4.79 Å². The lowest BCUT2D eigenvalue weighted by Gasteiger charge is -2.36. The van der Waals surface area contributed by atoms with Crippen LogP contribution in [0.25, 0.3) is 22.4 Å². The van der Waals surface area contributed by atoms with Crippen molar-refractivity contribution < 1.29 is 9.59 Å². The highest BCUT2D eigenvalue weighted by Gasteiger charge is 2.26. The summed E-state index contributed by atoms with van der Waals surface area (Å²) in [6.07, 6.45) is 3.32. The number of piperazine rings is 1. The lowest BCUT2D eigenvalue weighted by Crippen LogP contribution is -2.48. The molecule has 164 valence electrons. The second-order valence-electron chi connectivity index (χ2n) is 8.99. The molecular weight excluding hydrogens is 404 g/mol. The van der Waals surface area contributed by atoms with Crippen LogP contribution in [0.15, 0.2) is 36.7 Å². The normalized spacial score (nSPS) is 14.4. The van der Waals surface area contributed by atoms with Crippen LogP contribution < -0.4 is 4.90 Å². The zero-order valence-electron chi connectivity index (χ0n) is 18.6. The minimum absolute atomic E-state index is 0.0211. The van der Waals surface area contributed by atoms with Crippen LogP contribution in [0.5, 0.6) is 0 Å². The van der Waals surface area contributed by atoms with Gasteiger partial charge in [-0.15, -0.1) is 0 Å². The summed E-state index contributed by atoms with van der Waals surface area (Å²) in [5, 5.41) is 8.74. The number of fused-ring (bicyclic) bond motifs is 1. The van der Waals surface area contributed by atoms with Crippen LogP contribution >= 0.6 is 0 Å². The van der Waals surface area contributed by atoms with Crippen molar-refractivity contribution in [2.75, 3.05) is 31.1 Å². The molecule has 1 N–H and O–H groups in total. The molecule has 0 bridgehead atoms. The van der Waals surface area contributed by atoms with Crippen LogP contribution in [0, 0.1) is 16.7 Å². The summed E-state index contributed by atoms with van der Waals surface area (Å²) in [7, 11) is 0. The number of carbonyl (C=O) groups is 2. The number of anilines is 1. The summed E-state index contributed by atoms with van der Waals surface area (Å²) in [4.78, 5) is 41.0. The van der Waals surface area contributed by atoms with Crippen molar-refractivity contribution >= 4 is 28.5 Å². The van der Waals surface area contributed by atoms with E-state index in [1.165, 1.54) is 0 Å². The third-order valence-corrected chi connectivity index (χ3v) is 5.68. The molecule has 3 heterocycles. The number of nitrogens with zero attached hydrogens (tertiary/aromatic N) is 5. The predicted octanol–water partition coefficient (Wildman–Crippen LogP) is 3.42. The van der Waals surface area contributed by atoms with E-state index in [9.17, 15) is 9.59 Å². The lowest BCUT2D eigenvalue weighted by molar-refractivity contribution is -0.130. The first-order valence-corrected chi connectivity index (χ1v) is 10.7. The molecule has 3 aromatic rings. The quantitative estimate of drug-likeness (QED) is 0.636. The molecule has 4 rings (SSSR count). The van der Waals surface area contributed by atoms with Gasteiger partial charge in [0.1, 0.15) is 11.9 Å². The minimum Gasteiger partial charge on any atom is -0.368 e. The maximum absolute atomic E-state index is 12.8. The van der Waals surface area contributed by atoms with Gasteiger partial charge in [0, 0.05) is 49.0 Å². The summed E-state index contributed by atoms with van der Waals surface area (Å²) in [6, 6.07) is 9.96. The third kappa shape index (κ3) is 4.19. The van der Waals surface area contributed by atoms with Gasteiger partial charge in [0.2, 0.25) is 5.91 Å². The van der Waals surface area contributed by atoms with E-state index in [0.29, 0.717) is 48.6 Å². The maximum Gasteiger partial charge on any atom is 0.236 e. The molecule has 0 radical (unpaired) electrons. The number of Topliss-reactive ketones (excluding diaryl/α,β-unsaturated/α-hetero) is 1. The monoisotopic (exact) mass is 430 g/mol. The molecule has 0 atom stereocenters. The highest BCUT2D eigenvalue weighted by Crippen LogP contribution is 2.28. The Bertz CT molecular complexity index is 1210. The van der Waals surface area contributed by atoms with Gasteiger partial charge in [0.25, 0.3) is 0 Å². The van der Waals surface area contributed by atoms with Crippen LogP contribution in [0.2, 0.25) is 0 Å². The van der Waals surface area contributed by atoms with Gasteiger partial charge in [-0.2, -0.15) is 5.26 Å². The Kier molecular flexibility index (Phi) is 5.66. The predicted molar refractivity (Wildman–Crippen MR) is 122 cm³/mol. The highest BCUT2D eigenvalue weighted by atomic mass is 16.2. The molecule has 1 aliphatic heterocycles. The number of aromatic nitrogens is 3. The van der Waals surface area contributed by atoms with E-state index in [4.69, 9.17) is 10.2 Å². The van der Waals surface area contributed by atoms with Gasteiger partial charge in [-0.3, -0.25) is 9.59 Å². The number of rotatable bonds is 4. The Balaban J connectivity index is 1.58. The molecule has 0 saturated carbocycles. The lowest BCUT2D eigenvalue weighted by atomic mass is 9.87. The molecule has 32 heavy (non-hydrogen) atoms. The van der Waals surface area contributed by atoms with E-state index < -0.39 is 5.41 Å². The van der Waals surface area contributed by atoms with Crippen molar-refractivity contribution in [1.82, 2.24) is 19.9 Å². The standard InChI is InChI=1S/C24H26N6O2/c1-24(2,3)22(32)18-14-26-23-21(18)28-19(15-27-23)16-5-4-6-17(13-16)29-9-11-30(12-10-29)20(31)7-8-25/h4-6,13-15H,7,9-12H2,1-3H3,(H,26,27). The van der Waals surface area contributed by atoms with Crippen molar-refractivity contribution in [1.29, 1.82) is 5.26 Å². The maximum atomic E-state index is 12.8. The Labute approximate surface area is 186 Å². The van der Waals surface area contributed by atoms with E-state index in [1.807, 2.05) is 45.0 Å². The van der Waals surface area contributed by atoms with Gasteiger partial charge in [-0.05, 0) is 12.1 Å². The van der Waals surface area contributed by atoms with Gasteiger partial charge >= 0.3 is 0 Å². The second kappa shape index (κ2) is 8.42. The van der Waals surface area contributed by atoms with Crippen LogP contribution in [-0.4, -0.2) is 57.7 Å². The van der Waals surface area contributed by atoms with E-state index in [-0.39, 0.29) is 18.1 Å². The summed E-state index contributed by atoms with van der Waals surface area (Å²) in [5.41, 5.74) is 3.87. The zero-order valence-corrected chi connectivity index (χ0v) is 18.6. The fourth-order valence-electron chi connectivity index (χ4n) is 3.86. The molecule has 1 aliphatic rings. The van der Waals surface area contributed by atoms with E-state index in [2.05, 4.69) is 20.9 Å². The van der Waals surface area contributed by atoms with Crippen molar-refractivity contribution in [3.05, 3.63) is 42.2 Å². The van der Waals surface area contributed by atoms with Gasteiger partial charge in [0.15, 0.2) is 11.4 Å². The summed E-state index contributed by atoms with van der Waals surface area (Å²) < 4.78 is 0. The highest BCUT2D eigenvalue weighted by molar-refractivity contribution is 6.08. The first kappa shape index (κ1) is 21.5. The minimum atomic E-state index is -0.510. The molecule has 0 aliphatic carbocycles. The molecule has 1 aromatic carbocycles. The van der Waals surface area contributed by atoms with Crippen molar-refractivity contribution in [2.45, 2.75) is 27.2 Å². The Morgan fingerprint density at radius 1 is 1.19 bits per heavy atom. The molecule has 1 amide bonds. The number of aromatic amines is 1. The molecule has 0 spiro atoms. The number of amides is 1. The average molecular weight is 431 g/mol. The van der Waals surface area contributed by atoms with E-state index in [0.717, 1.165) is 11.3 Å². The number of benzene rings is 1. The fourth-order valence-corrected chi connectivity index (χ4v) is 3.86. The molecule has 1 fully saturated rings. The van der Waals surface area contributed by atoms with E-state index in [1.54, 1.807) is 17.3 Å². The van der Waals surface area contributed by atoms with Crippen LogP contribution in [0.3, 0.4) is 0 Å². The van der Waals surface area contributed by atoms with Crippen molar-refractivity contribution in [2.24, 2.45) is 5.41 Å². The van der Waals surface area contributed by atoms with E-state index >= 15 is 0 Å². The largest absolute Gasteiger partial charge is 0.368 e.